The maximum absolute atomic E-state index is 12.1. The number of aliphatic hydroxyl groups excluding tert-OH is 1. The Kier molecular flexibility index (Phi) is 5.06. The van der Waals surface area contributed by atoms with Gasteiger partial charge in [0.15, 0.2) is 0 Å². The number of ether oxygens (including phenoxy) is 1. The third-order valence-corrected chi connectivity index (χ3v) is 4.47. The largest absolute Gasteiger partial charge is 0.494 e. The number of hydrogen-bond acceptors (Lipinski definition) is 6. The van der Waals surface area contributed by atoms with Crippen LogP contribution in [0, 0.1) is 5.92 Å². The minimum absolute atomic E-state index is 0.0612. The molecule has 2 rings (SSSR count). The molecule has 128 valence electrons. The second kappa shape index (κ2) is 6.67. The van der Waals surface area contributed by atoms with Crippen LogP contribution in [0.3, 0.4) is 0 Å². The van der Waals surface area contributed by atoms with Crippen molar-refractivity contribution < 1.29 is 14.9 Å². The van der Waals surface area contributed by atoms with Crippen LogP contribution >= 0.6 is 0 Å². The predicted octanol–water partition coefficient (Wildman–Crippen LogP) is -0.617. The summed E-state index contributed by atoms with van der Waals surface area (Å²) in [6.07, 6.45) is 1.12. The summed E-state index contributed by atoms with van der Waals surface area (Å²) in [6, 6.07) is -0.325. The molecule has 4 atom stereocenters. The van der Waals surface area contributed by atoms with Gasteiger partial charge in [-0.15, -0.1) is 0 Å². The quantitative estimate of drug-likeness (QED) is 0.721. The summed E-state index contributed by atoms with van der Waals surface area (Å²) in [5.74, 6) is -0.568. The second-order valence-corrected chi connectivity index (χ2v) is 5.92. The third-order valence-electron chi connectivity index (χ3n) is 4.47. The highest BCUT2D eigenvalue weighted by Crippen LogP contribution is 2.25. The van der Waals surface area contributed by atoms with E-state index in [0.29, 0.717) is 13.0 Å². The first-order chi connectivity index (χ1) is 10.8. The third kappa shape index (κ3) is 3.09. The number of rotatable bonds is 3. The van der Waals surface area contributed by atoms with Gasteiger partial charge < -0.3 is 14.9 Å². The Balaban J connectivity index is 2.32. The average Bonchev–Trinajstić information content (AvgIpc) is 2.55. The normalized spacial score (nSPS) is 28.4. The smallest absolute Gasteiger partial charge is 0.333 e. The van der Waals surface area contributed by atoms with Crippen molar-refractivity contribution in [3.05, 3.63) is 26.4 Å². The van der Waals surface area contributed by atoms with Gasteiger partial charge in [-0.3, -0.25) is 18.9 Å². The van der Waals surface area contributed by atoms with Gasteiger partial charge in [-0.25, -0.2) is 4.79 Å². The van der Waals surface area contributed by atoms with Crippen LogP contribution in [0.4, 0.5) is 0 Å². The fraction of sp³-hybridized carbons (Fsp3) is 0.667. The van der Waals surface area contributed by atoms with E-state index in [0.717, 1.165) is 9.13 Å². The summed E-state index contributed by atoms with van der Waals surface area (Å²) in [4.78, 5) is 28.1. The molecule has 2 heterocycles. The molecule has 2 unspecified atom stereocenters. The molecular formula is C15H23N3O5. The lowest BCUT2D eigenvalue weighted by molar-refractivity contribution is -0.110. The lowest BCUT2D eigenvalue weighted by Gasteiger charge is -2.36. The molecule has 0 aliphatic carbocycles. The summed E-state index contributed by atoms with van der Waals surface area (Å²) >= 11 is 0. The van der Waals surface area contributed by atoms with E-state index in [2.05, 4.69) is 4.99 Å². The van der Waals surface area contributed by atoms with Crippen LogP contribution in [0.2, 0.25) is 0 Å². The number of aromatic hydroxyl groups is 1. The number of aromatic nitrogens is 2. The van der Waals surface area contributed by atoms with Crippen molar-refractivity contribution >= 4 is 6.21 Å². The second-order valence-electron chi connectivity index (χ2n) is 5.92. The summed E-state index contributed by atoms with van der Waals surface area (Å²) < 4.78 is 7.46. The SMILES string of the molecule is CCC1OCC(N=Cc2c(O)n(C)c(=O)n(C)c2=O)[C@@H](C)[C@@H]1O. The fourth-order valence-corrected chi connectivity index (χ4v) is 2.72. The summed E-state index contributed by atoms with van der Waals surface area (Å²) in [7, 11) is 2.71. The molecule has 0 saturated carbocycles. The maximum Gasteiger partial charge on any atom is 0.333 e. The molecule has 1 aliphatic rings. The van der Waals surface area contributed by atoms with Crippen LogP contribution < -0.4 is 11.2 Å². The number of aliphatic hydroxyl groups is 1. The Labute approximate surface area is 133 Å². The lowest BCUT2D eigenvalue weighted by atomic mass is 9.89. The van der Waals surface area contributed by atoms with Gasteiger partial charge in [-0.1, -0.05) is 13.8 Å². The van der Waals surface area contributed by atoms with E-state index < -0.39 is 23.2 Å². The fourth-order valence-electron chi connectivity index (χ4n) is 2.72. The van der Waals surface area contributed by atoms with Gasteiger partial charge in [0, 0.05) is 26.2 Å². The molecule has 1 aliphatic heterocycles. The van der Waals surface area contributed by atoms with E-state index in [9.17, 15) is 19.8 Å². The van der Waals surface area contributed by atoms with Crippen LogP contribution in [0.15, 0.2) is 14.6 Å². The van der Waals surface area contributed by atoms with Crippen LogP contribution in [0.5, 0.6) is 5.88 Å². The Bertz CT molecular complexity index is 721. The first kappa shape index (κ1) is 17.4. The minimum atomic E-state index is -0.632. The van der Waals surface area contributed by atoms with Crippen molar-refractivity contribution in [2.45, 2.75) is 38.5 Å². The van der Waals surface area contributed by atoms with Crippen molar-refractivity contribution in [1.82, 2.24) is 9.13 Å². The molecule has 1 saturated heterocycles. The first-order valence-corrected chi connectivity index (χ1v) is 7.61. The van der Waals surface area contributed by atoms with Gasteiger partial charge in [-0.2, -0.15) is 0 Å². The molecule has 8 nitrogen and oxygen atoms in total. The zero-order valence-electron chi connectivity index (χ0n) is 13.8. The van der Waals surface area contributed by atoms with Gasteiger partial charge in [-0.05, 0) is 6.42 Å². The molecule has 0 aromatic carbocycles. The van der Waals surface area contributed by atoms with Gasteiger partial charge in [0.25, 0.3) is 5.56 Å². The minimum Gasteiger partial charge on any atom is -0.494 e. The highest BCUT2D eigenvalue weighted by Gasteiger charge is 2.35. The zero-order valence-corrected chi connectivity index (χ0v) is 13.8. The highest BCUT2D eigenvalue weighted by molar-refractivity contribution is 5.82. The molecule has 0 bridgehead atoms. The summed E-state index contributed by atoms with van der Waals surface area (Å²) in [5.41, 5.74) is -1.29. The van der Waals surface area contributed by atoms with E-state index in [-0.39, 0.29) is 23.6 Å². The first-order valence-electron chi connectivity index (χ1n) is 7.61. The van der Waals surface area contributed by atoms with Crippen LogP contribution in [0.1, 0.15) is 25.8 Å². The monoisotopic (exact) mass is 325 g/mol. The van der Waals surface area contributed by atoms with Gasteiger partial charge in [0.05, 0.1) is 24.9 Å². The maximum atomic E-state index is 12.1. The predicted molar refractivity (Wildman–Crippen MR) is 85.2 cm³/mol. The van der Waals surface area contributed by atoms with E-state index >= 15 is 0 Å². The molecule has 8 heteroatoms. The molecule has 0 spiro atoms. The standard InChI is InChI=1S/C15H23N3O5/c1-5-11-12(19)8(2)10(7-23-11)16-6-9-13(20)17(3)15(22)18(4)14(9)21/h6,8,10-12,19-20H,5,7H2,1-4H3/t8-,10?,11?,12+/m1/s1. The molecule has 1 aromatic rings. The van der Waals surface area contributed by atoms with Gasteiger partial charge >= 0.3 is 5.69 Å². The number of nitrogens with zero attached hydrogens (tertiary/aromatic N) is 3. The Morgan fingerprint density at radius 3 is 2.61 bits per heavy atom. The number of hydrogen-bond donors (Lipinski definition) is 2. The summed E-state index contributed by atoms with van der Waals surface area (Å²) in [6.45, 7) is 4.15. The van der Waals surface area contributed by atoms with Crippen LogP contribution in [0.25, 0.3) is 0 Å². The Morgan fingerprint density at radius 1 is 1.35 bits per heavy atom. The average molecular weight is 325 g/mol. The van der Waals surface area contributed by atoms with Crippen molar-refractivity contribution in [2.75, 3.05) is 6.61 Å². The molecule has 23 heavy (non-hydrogen) atoms. The zero-order chi connectivity index (χ0) is 17.3. The van der Waals surface area contributed by atoms with E-state index in [1.165, 1.54) is 20.3 Å². The van der Waals surface area contributed by atoms with Crippen LogP contribution in [-0.2, 0) is 18.8 Å². The molecule has 0 amide bonds. The van der Waals surface area contributed by atoms with E-state index in [1.807, 2.05) is 13.8 Å². The Hall–Kier alpha value is -1.93. The number of aliphatic imine (C=N–C) groups is 1. The molecule has 1 fully saturated rings. The molecule has 2 N–H and O–H groups in total. The molecular weight excluding hydrogens is 302 g/mol. The molecule has 0 radical (unpaired) electrons. The van der Waals surface area contributed by atoms with Crippen LogP contribution in [-0.4, -0.2) is 50.4 Å². The van der Waals surface area contributed by atoms with E-state index in [1.54, 1.807) is 0 Å². The molecule has 1 aromatic heterocycles. The highest BCUT2D eigenvalue weighted by atomic mass is 16.5. The topological polar surface area (TPSA) is 106 Å². The van der Waals surface area contributed by atoms with Crippen molar-refractivity contribution in [3.63, 3.8) is 0 Å². The lowest BCUT2D eigenvalue weighted by Crippen LogP contribution is -2.47. The van der Waals surface area contributed by atoms with Gasteiger partial charge in [0.2, 0.25) is 5.88 Å². The van der Waals surface area contributed by atoms with Crippen molar-refractivity contribution in [2.24, 2.45) is 25.0 Å². The van der Waals surface area contributed by atoms with E-state index in [4.69, 9.17) is 4.74 Å². The van der Waals surface area contributed by atoms with Gasteiger partial charge in [0.1, 0.15) is 5.56 Å². The Morgan fingerprint density at radius 2 is 2.00 bits per heavy atom. The van der Waals surface area contributed by atoms with Crippen molar-refractivity contribution in [1.29, 1.82) is 0 Å². The summed E-state index contributed by atoms with van der Waals surface area (Å²) in [5, 5.41) is 20.2. The van der Waals surface area contributed by atoms with Crippen molar-refractivity contribution in [3.8, 4) is 5.88 Å².